The molecule has 1 N–H and O–H groups in total. The lowest BCUT2D eigenvalue weighted by Crippen LogP contribution is -2.60. The van der Waals surface area contributed by atoms with Crippen LogP contribution in [0.15, 0.2) is 0 Å². The van der Waals surface area contributed by atoms with Gasteiger partial charge in [-0.1, -0.05) is 13.8 Å². The van der Waals surface area contributed by atoms with Gasteiger partial charge >= 0.3 is 0 Å². The lowest BCUT2D eigenvalue weighted by molar-refractivity contribution is -0.245. The molecule has 4 nitrogen and oxygen atoms in total. The second-order valence-corrected chi connectivity index (χ2v) is 10.4. The maximum atomic E-state index is 10.3. The first-order chi connectivity index (χ1) is 11.9. The third-order valence-corrected chi connectivity index (χ3v) is 9.86. The van der Waals surface area contributed by atoms with E-state index in [-0.39, 0.29) is 28.3 Å². The van der Waals surface area contributed by atoms with Crippen LogP contribution in [0.2, 0.25) is 0 Å². The lowest BCUT2D eigenvalue weighted by atomic mass is 9.44. The predicted molar refractivity (Wildman–Crippen MR) is 91.9 cm³/mol. The molecule has 0 aromatic heterocycles. The van der Waals surface area contributed by atoms with Crippen LogP contribution in [0.5, 0.6) is 0 Å². The van der Waals surface area contributed by atoms with Crippen molar-refractivity contribution in [2.75, 3.05) is 13.2 Å². The van der Waals surface area contributed by atoms with Crippen LogP contribution in [0.3, 0.4) is 0 Å². The van der Waals surface area contributed by atoms with E-state index in [0.717, 1.165) is 50.7 Å². The van der Waals surface area contributed by atoms with Crippen molar-refractivity contribution < 1.29 is 19.3 Å². The Bertz CT molecular complexity index is 601. The third-order valence-electron chi connectivity index (χ3n) is 9.86. The number of rotatable bonds is 0. The van der Waals surface area contributed by atoms with Gasteiger partial charge in [0.25, 0.3) is 0 Å². The van der Waals surface area contributed by atoms with E-state index in [0.29, 0.717) is 12.0 Å². The molecule has 25 heavy (non-hydrogen) atoms. The van der Waals surface area contributed by atoms with Gasteiger partial charge in [0.15, 0.2) is 5.79 Å². The maximum Gasteiger partial charge on any atom is 0.174 e. The summed E-state index contributed by atoms with van der Waals surface area (Å²) in [4.78, 5) is 0. The molecule has 2 aliphatic heterocycles. The molecular weight excluding hydrogens is 316 g/mol. The lowest BCUT2D eigenvalue weighted by Gasteiger charge is -2.59. The van der Waals surface area contributed by atoms with Crippen LogP contribution in [0.4, 0.5) is 0 Å². The largest absolute Gasteiger partial charge is 0.393 e. The summed E-state index contributed by atoms with van der Waals surface area (Å²) in [5, 5.41) is 10.3. The summed E-state index contributed by atoms with van der Waals surface area (Å²) in [7, 11) is 0. The Labute approximate surface area is 150 Å². The summed E-state index contributed by atoms with van der Waals surface area (Å²) in [6.07, 6.45) is 9.20. The molecule has 8 atom stereocenters. The number of hydrogen-bond donors (Lipinski definition) is 1. The van der Waals surface area contributed by atoms with Crippen molar-refractivity contribution in [2.45, 2.75) is 88.8 Å². The highest BCUT2D eigenvalue weighted by Gasteiger charge is 2.77. The smallest absolute Gasteiger partial charge is 0.174 e. The maximum absolute atomic E-state index is 10.3. The topological polar surface area (TPSA) is 51.2 Å². The minimum atomic E-state index is -0.300. The fourth-order valence-corrected chi connectivity index (χ4v) is 8.54. The van der Waals surface area contributed by atoms with E-state index in [1.54, 1.807) is 0 Å². The Hall–Kier alpha value is -0.160. The third kappa shape index (κ3) is 1.66. The molecule has 6 fully saturated rings. The van der Waals surface area contributed by atoms with E-state index >= 15 is 0 Å². The van der Waals surface area contributed by atoms with E-state index < -0.39 is 0 Å². The van der Waals surface area contributed by atoms with Crippen molar-refractivity contribution in [3.63, 3.8) is 0 Å². The molecule has 4 aliphatic carbocycles. The first-order valence-corrected chi connectivity index (χ1v) is 10.6. The monoisotopic (exact) mass is 348 g/mol. The molecule has 6 aliphatic rings. The molecule has 2 heterocycles. The molecule has 2 saturated heterocycles. The van der Waals surface area contributed by atoms with E-state index in [1.807, 2.05) is 0 Å². The van der Waals surface area contributed by atoms with Gasteiger partial charge in [0.1, 0.15) is 5.60 Å². The molecule has 4 heteroatoms. The quantitative estimate of drug-likeness (QED) is 0.683. The van der Waals surface area contributed by atoms with Crippen molar-refractivity contribution in [1.82, 2.24) is 0 Å². The number of epoxide rings is 1. The van der Waals surface area contributed by atoms with Crippen LogP contribution in [0, 0.1) is 28.6 Å². The molecule has 0 amide bonds. The molecule has 6 rings (SSSR count). The fourth-order valence-electron chi connectivity index (χ4n) is 8.54. The number of ether oxygens (including phenoxy) is 3. The Kier molecular flexibility index (Phi) is 2.93. The van der Waals surface area contributed by atoms with Crippen molar-refractivity contribution in [1.29, 1.82) is 0 Å². The van der Waals surface area contributed by atoms with Crippen molar-refractivity contribution >= 4 is 0 Å². The van der Waals surface area contributed by atoms with Crippen LogP contribution >= 0.6 is 0 Å². The second-order valence-electron chi connectivity index (χ2n) is 10.4. The average Bonchev–Trinajstić information content (AvgIpc) is 2.95. The Morgan fingerprint density at radius 3 is 2.36 bits per heavy atom. The summed E-state index contributed by atoms with van der Waals surface area (Å²) >= 11 is 0. The molecule has 2 spiro atoms. The zero-order valence-electron chi connectivity index (χ0n) is 15.6. The molecule has 0 radical (unpaired) electrons. The summed E-state index contributed by atoms with van der Waals surface area (Å²) in [5.74, 6) is 1.89. The Morgan fingerprint density at radius 1 is 0.880 bits per heavy atom. The van der Waals surface area contributed by atoms with Gasteiger partial charge in [0.05, 0.1) is 25.4 Å². The summed E-state index contributed by atoms with van der Waals surface area (Å²) in [5.41, 5.74) is 0.425. The first-order valence-electron chi connectivity index (χ1n) is 10.6. The highest BCUT2D eigenvalue weighted by molar-refractivity contribution is 5.24. The van der Waals surface area contributed by atoms with E-state index in [9.17, 15) is 5.11 Å². The van der Waals surface area contributed by atoms with Gasteiger partial charge in [0, 0.05) is 23.7 Å². The predicted octanol–water partition coefficient (Wildman–Crippen LogP) is 3.26. The minimum absolute atomic E-state index is 0.00375. The highest BCUT2D eigenvalue weighted by Crippen LogP contribution is 2.74. The molecule has 0 unspecified atom stereocenters. The normalized spacial score (nSPS) is 61.3. The van der Waals surface area contributed by atoms with Crippen molar-refractivity contribution in [3.05, 3.63) is 0 Å². The molecular formula is C21H32O4. The Morgan fingerprint density at radius 2 is 1.56 bits per heavy atom. The van der Waals surface area contributed by atoms with Crippen LogP contribution in [-0.2, 0) is 14.2 Å². The van der Waals surface area contributed by atoms with Crippen LogP contribution in [0.1, 0.15) is 65.2 Å². The fraction of sp³-hybridized carbons (Fsp3) is 1.00. The second kappa shape index (κ2) is 4.63. The minimum Gasteiger partial charge on any atom is -0.393 e. The van der Waals surface area contributed by atoms with Gasteiger partial charge in [0.2, 0.25) is 0 Å². The molecule has 140 valence electrons. The number of fused-ring (bicyclic) bond motifs is 5. The number of aliphatic hydroxyl groups is 1. The van der Waals surface area contributed by atoms with Gasteiger partial charge in [-0.3, -0.25) is 0 Å². The summed E-state index contributed by atoms with van der Waals surface area (Å²) < 4.78 is 18.9. The van der Waals surface area contributed by atoms with Crippen molar-refractivity contribution in [2.24, 2.45) is 28.6 Å². The molecule has 0 aromatic carbocycles. The highest BCUT2D eigenvalue weighted by atomic mass is 16.7. The van der Waals surface area contributed by atoms with Gasteiger partial charge in [-0.25, -0.2) is 0 Å². The van der Waals surface area contributed by atoms with Gasteiger partial charge in [-0.2, -0.15) is 0 Å². The van der Waals surface area contributed by atoms with Gasteiger partial charge in [-0.05, 0) is 56.3 Å². The average molecular weight is 348 g/mol. The molecule has 0 aromatic rings. The SMILES string of the molecule is C[C@]12CC[C@H]3[C@@H](C[C@H]4O[C@]45C[C@@H](O)CC[C@]35C)[C@@H]1CCC21OCCO1. The van der Waals surface area contributed by atoms with Gasteiger partial charge < -0.3 is 19.3 Å². The van der Waals surface area contributed by atoms with Gasteiger partial charge in [-0.15, -0.1) is 0 Å². The van der Waals surface area contributed by atoms with E-state index in [1.165, 1.54) is 25.7 Å². The van der Waals surface area contributed by atoms with E-state index in [4.69, 9.17) is 14.2 Å². The number of aliphatic hydroxyl groups excluding tert-OH is 1. The zero-order valence-corrected chi connectivity index (χ0v) is 15.6. The number of hydrogen-bond acceptors (Lipinski definition) is 4. The van der Waals surface area contributed by atoms with E-state index in [2.05, 4.69) is 13.8 Å². The van der Waals surface area contributed by atoms with Crippen LogP contribution < -0.4 is 0 Å². The van der Waals surface area contributed by atoms with Crippen LogP contribution in [-0.4, -0.2) is 41.9 Å². The van der Waals surface area contributed by atoms with Crippen LogP contribution in [0.25, 0.3) is 0 Å². The first kappa shape index (κ1) is 15.9. The zero-order chi connectivity index (χ0) is 17.1. The Balaban J connectivity index is 1.36. The summed E-state index contributed by atoms with van der Waals surface area (Å²) in [6.45, 7) is 6.47. The van der Waals surface area contributed by atoms with Crippen molar-refractivity contribution in [3.8, 4) is 0 Å². The standard InChI is InChI=1S/C21H32O4/c1-18-6-3-13(22)12-20(18)17(25-20)11-14-15(18)4-7-19(2)16(14)5-8-21(19)23-9-10-24-21/h13-17,22H,3-12H2,1-2H3/t13-,14+,15-,16-,17+,18+,19-,20+/m0/s1. The molecule has 4 saturated carbocycles. The molecule has 0 bridgehead atoms. The summed E-state index contributed by atoms with van der Waals surface area (Å²) in [6, 6.07) is 0.